The van der Waals surface area contributed by atoms with E-state index in [0.717, 1.165) is 12.8 Å². The minimum atomic E-state index is -1.26. The van der Waals surface area contributed by atoms with E-state index in [0.29, 0.717) is 18.6 Å². The molecule has 6 nitrogen and oxygen atoms in total. The minimum absolute atomic E-state index is 0.149. The van der Waals surface area contributed by atoms with Crippen molar-refractivity contribution >= 4 is 60.2 Å². The van der Waals surface area contributed by atoms with E-state index in [-0.39, 0.29) is 42.3 Å². The summed E-state index contributed by atoms with van der Waals surface area (Å²) < 4.78 is 6.50. The molecule has 0 saturated heterocycles. The SMILES string of the molecule is CCCCCCCCCCCC(=O)O.CCC[CH2][Sn][CH2]CCC.CCC[CH2][Sn][CH2]CCC.O=C(O)/C=C\C(=O)O. The molecule has 0 atom stereocenters. The Morgan fingerprint density at radius 3 is 0.975 bits per heavy atom. The van der Waals surface area contributed by atoms with Crippen LogP contribution in [0.25, 0.3) is 0 Å². The Morgan fingerprint density at radius 2 is 0.725 bits per heavy atom. The van der Waals surface area contributed by atoms with Gasteiger partial charge in [-0.1, -0.05) is 58.3 Å². The van der Waals surface area contributed by atoms with Crippen LogP contribution in [0.5, 0.6) is 0 Å². The molecule has 8 heteroatoms. The third-order valence-corrected chi connectivity index (χ3v) is 13.8. The molecule has 0 spiro atoms. The normalized spacial score (nSPS) is 10.0. The summed E-state index contributed by atoms with van der Waals surface area (Å²) in [5.74, 6) is -3.17. The zero-order valence-corrected chi connectivity index (χ0v) is 32.5. The minimum Gasteiger partial charge on any atom is -0.478 e. The number of hydrogen-bond donors (Lipinski definition) is 3. The van der Waals surface area contributed by atoms with Gasteiger partial charge in [0.05, 0.1) is 0 Å². The molecule has 0 unspecified atom stereocenters. The molecule has 0 fully saturated rings. The van der Waals surface area contributed by atoms with Crippen molar-refractivity contribution in [1.82, 2.24) is 0 Å². The van der Waals surface area contributed by atoms with Crippen LogP contribution in [-0.2, 0) is 14.4 Å². The van der Waals surface area contributed by atoms with Gasteiger partial charge in [0.2, 0.25) is 0 Å². The van der Waals surface area contributed by atoms with E-state index < -0.39 is 17.9 Å². The molecule has 0 rings (SSSR count). The van der Waals surface area contributed by atoms with Crippen molar-refractivity contribution in [3.8, 4) is 0 Å². The average molecular weight is 782 g/mol. The molecular formula is C32H64O6Sn2. The molecular weight excluding hydrogens is 718 g/mol. The zero-order chi connectivity index (χ0) is 31.1. The van der Waals surface area contributed by atoms with Crippen LogP contribution in [0.15, 0.2) is 12.2 Å². The van der Waals surface area contributed by atoms with Crippen LogP contribution < -0.4 is 0 Å². The van der Waals surface area contributed by atoms with Gasteiger partial charge in [-0.2, -0.15) is 0 Å². The largest absolute Gasteiger partial charge is 0.478 e. The molecule has 0 aliphatic heterocycles. The molecule has 0 aromatic heterocycles. The van der Waals surface area contributed by atoms with E-state index in [2.05, 4.69) is 34.6 Å². The number of hydrogen-bond acceptors (Lipinski definition) is 3. The van der Waals surface area contributed by atoms with Gasteiger partial charge >= 0.3 is 157 Å². The van der Waals surface area contributed by atoms with Gasteiger partial charge in [0, 0.05) is 18.6 Å². The first-order valence-corrected chi connectivity index (χ1v) is 24.1. The van der Waals surface area contributed by atoms with E-state index in [1.807, 2.05) is 0 Å². The standard InChI is InChI=1S/C12H24O2.C4H4O4.4C4H9.2Sn/c1-2-3-4-5-6-7-8-9-10-11-12(13)14;5-3(6)1-2-4(7)8;4*1-3-4-2;;/h2-11H2,1H3,(H,13,14);1-2H,(H,5,6)(H,7,8);4*1,3-4H2,2H3;;/b;2-1-;;;;;;. The fraction of sp³-hybridized carbons (Fsp3) is 0.844. The molecule has 40 heavy (non-hydrogen) atoms. The fourth-order valence-corrected chi connectivity index (χ4v) is 11.5. The second-order valence-corrected chi connectivity index (χ2v) is 18.5. The van der Waals surface area contributed by atoms with Gasteiger partial charge in [0.1, 0.15) is 0 Å². The van der Waals surface area contributed by atoms with E-state index in [9.17, 15) is 14.4 Å². The maximum atomic E-state index is 10.2. The summed E-state index contributed by atoms with van der Waals surface area (Å²) in [7, 11) is 0. The first-order valence-electron chi connectivity index (χ1n) is 16.0. The van der Waals surface area contributed by atoms with Crippen LogP contribution in [-0.4, -0.2) is 75.5 Å². The second kappa shape index (κ2) is 45.7. The van der Waals surface area contributed by atoms with Gasteiger partial charge in [0.15, 0.2) is 0 Å². The Morgan fingerprint density at radius 1 is 0.450 bits per heavy atom. The molecule has 0 aromatic rings. The molecule has 0 amide bonds. The second-order valence-electron chi connectivity index (χ2n) is 9.90. The number of carbonyl (C=O) groups is 3. The predicted molar refractivity (Wildman–Crippen MR) is 174 cm³/mol. The summed E-state index contributed by atoms with van der Waals surface area (Å²) in [6.45, 7) is 11.4. The Balaban J connectivity index is -0.000000222. The summed E-state index contributed by atoms with van der Waals surface area (Å²) in [6, 6.07) is 0. The van der Waals surface area contributed by atoms with Gasteiger partial charge in [0.25, 0.3) is 0 Å². The zero-order valence-electron chi connectivity index (χ0n) is 26.8. The number of rotatable bonds is 24. The monoisotopic (exact) mass is 784 g/mol. The predicted octanol–water partition coefficient (Wildman–Crippen LogP) is 9.96. The van der Waals surface area contributed by atoms with E-state index in [4.69, 9.17) is 15.3 Å². The molecule has 0 bridgehead atoms. The molecule has 0 aliphatic carbocycles. The third kappa shape index (κ3) is 66.2. The Kier molecular flexibility index (Phi) is 53.4. The Hall–Kier alpha value is -0.253. The van der Waals surface area contributed by atoms with Crippen molar-refractivity contribution in [3.05, 3.63) is 12.2 Å². The van der Waals surface area contributed by atoms with Crippen molar-refractivity contribution < 1.29 is 29.7 Å². The molecule has 0 aliphatic rings. The number of carboxylic acid groups (broad SMARTS) is 3. The van der Waals surface area contributed by atoms with Crippen molar-refractivity contribution in [1.29, 1.82) is 0 Å². The summed E-state index contributed by atoms with van der Waals surface area (Å²) in [6.07, 6.45) is 24.3. The van der Waals surface area contributed by atoms with Gasteiger partial charge < -0.3 is 15.3 Å². The first kappa shape index (κ1) is 46.7. The van der Waals surface area contributed by atoms with E-state index >= 15 is 0 Å². The Bertz CT molecular complexity index is 499. The number of aliphatic carboxylic acids is 3. The van der Waals surface area contributed by atoms with Crippen LogP contribution in [0.2, 0.25) is 17.7 Å². The maximum absolute atomic E-state index is 10.2. The molecule has 236 valence electrons. The van der Waals surface area contributed by atoms with Gasteiger partial charge in [-0.25, -0.2) is 9.59 Å². The van der Waals surface area contributed by atoms with Gasteiger partial charge in [-0.3, -0.25) is 4.79 Å². The van der Waals surface area contributed by atoms with Gasteiger partial charge in [-0.15, -0.1) is 0 Å². The van der Waals surface area contributed by atoms with E-state index in [1.54, 1.807) is 17.7 Å². The Labute approximate surface area is 268 Å². The van der Waals surface area contributed by atoms with E-state index in [1.165, 1.54) is 96.3 Å². The first-order chi connectivity index (χ1) is 19.2. The summed E-state index contributed by atoms with van der Waals surface area (Å²) in [5.41, 5.74) is 0. The fourth-order valence-electron chi connectivity index (χ4n) is 3.19. The maximum Gasteiger partial charge on any atom is 0.328 e. The van der Waals surface area contributed by atoms with Crippen LogP contribution in [0.3, 0.4) is 0 Å². The summed E-state index contributed by atoms with van der Waals surface area (Å²) in [5, 5.41) is 24.0. The van der Waals surface area contributed by atoms with Crippen molar-refractivity contribution in [2.45, 2.75) is 168 Å². The van der Waals surface area contributed by atoms with Gasteiger partial charge in [-0.05, 0) is 6.42 Å². The van der Waals surface area contributed by atoms with Crippen LogP contribution in [0, 0.1) is 0 Å². The summed E-state index contributed by atoms with van der Waals surface area (Å²) in [4.78, 5) is 29.3. The molecule has 0 heterocycles. The smallest absolute Gasteiger partial charge is 0.328 e. The quantitative estimate of drug-likeness (QED) is 0.0511. The van der Waals surface area contributed by atoms with Crippen molar-refractivity contribution in [3.63, 3.8) is 0 Å². The van der Waals surface area contributed by atoms with Crippen LogP contribution in [0.4, 0.5) is 0 Å². The third-order valence-electron chi connectivity index (χ3n) is 5.69. The number of carboxylic acids is 3. The topological polar surface area (TPSA) is 112 Å². The van der Waals surface area contributed by atoms with Crippen LogP contribution >= 0.6 is 0 Å². The van der Waals surface area contributed by atoms with Crippen molar-refractivity contribution in [2.24, 2.45) is 0 Å². The molecule has 0 saturated carbocycles. The van der Waals surface area contributed by atoms with Crippen LogP contribution in [0.1, 0.15) is 150 Å². The average Bonchev–Trinajstić information content (AvgIpc) is 2.92. The molecule has 4 radical (unpaired) electrons. The molecule has 0 aromatic carbocycles. The number of unbranched alkanes of at least 4 members (excludes halogenated alkanes) is 12. The molecule has 3 N–H and O–H groups in total. The van der Waals surface area contributed by atoms with Crippen molar-refractivity contribution in [2.75, 3.05) is 0 Å². The summed E-state index contributed by atoms with van der Waals surface area (Å²) >= 11 is 0.299.